The maximum Gasteiger partial charge on any atom is 0.175 e. The number of H-pyrrole nitrogens is 1. The molecule has 1 aliphatic heterocycles. The summed E-state index contributed by atoms with van der Waals surface area (Å²) in [5.41, 5.74) is 12.5. The van der Waals surface area contributed by atoms with Crippen molar-refractivity contribution in [1.29, 1.82) is 0 Å². The van der Waals surface area contributed by atoms with Gasteiger partial charge in [-0.3, -0.25) is 15.0 Å². The summed E-state index contributed by atoms with van der Waals surface area (Å²) in [6, 6.07) is 22.7. The van der Waals surface area contributed by atoms with E-state index in [2.05, 4.69) is 69.6 Å². The van der Waals surface area contributed by atoms with Crippen molar-refractivity contribution in [3.63, 3.8) is 0 Å². The van der Waals surface area contributed by atoms with Gasteiger partial charge in [0.05, 0.1) is 30.5 Å². The zero-order valence-corrected chi connectivity index (χ0v) is 20.1. The van der Waals surface area contributed by atoms with E-state index in [1.165, 1.54) is 0 Å². The van der Waals surface area contributed by atoms with Crippen molar-refractivity contribution in [1.82, 2.24) is 30.0 Å². The summed E-state index contributed by atoms with van der Waals surface area (Å²) in [4.78, 5) is 16.8. The lowest BCUT2D eigenvalue weighted by Gasteiger charge is -2.30. The minimum absolute atomic E-state index is 0.0137. The van der Waals surface area contributed by atoms with E-state index in [9.17, 15) is 0 Å². The van der Waals surface area contributed by atoms with Gasteiger partial charge in [0.15, 0.2) is 11.6 Å². The summed E-state index contributed by atoms with van der Waals surface area (Å²) in [5, 5.41) is 8.52. The second-order valence-corrected chi connectivity index (χ2v) is 8.99. The van der Waals surface area contributed by atoms with Crippen molar-refractivity contribution in [2.24, 2.45) is 5.73 Å². The number of ether oxygens (including phenoxy) is 1. The summed E-state index contributed by atoms with van der Waals surface area (Å²) >= 11 is 0. The zero-order chi connectivity index (χ0) is 24.5. The highest BCUT2D eigenvalue weighted by molar-refractivity contribution is 5.97. The van der Waals surface area contributed by atoms with Gasteiger partial charge in [0.2, 0.25) is 0 Å². The summed E-state index contributed by atoms with van der Waals surface area (Å²) in [6.07, 6.45) is 1.77. The third kappa shape index (κ3) is 4.15. The second kappa shape index (κ2) is 9.58. The van der Waals surface area contributed by atoms with Crippen LogP contribution in [0, 0.1) is 0 Å². The van der Waals surface area contributed by atoms with Gasteiger partial charge in [-0.05, 0) is 30.3 Å². The van der Waals surface area contributed by atoms with Gasteiger partial charge in [-0.2, -0.15) is 5.10 Å². The fraction of sp³-hybridized carbons (Fsp3) is 0.214. The number of pyridine rings is 2. The van der Waals surface area contributed by atoms with E-state index in [-0.39, 0.29) is 6.04 Å². The number of nitrogens with one attached hydrogen (secondary N) is 1. The smallest absolute Gasteiger partial charge is 0.175 e. The summed E-state index contributed by atoms with van der Waals surface area (Å²) < 4.78 is 5.66. The zero-order valence-electron chi connectivity index (χ0n) is 20.1. The van der Waals surface area contributed by atoms with E-state index >= 15 is 0 Å². The van der Waals surface area contributed by atoms with Gasteiger partial charge < -0.3 is 10.5 Å². The molecule has 0 saturated carbocycles. The molecule has 180 valence electrons. The largest absolute Gasteiger partial charge is 0.378 e. The monoisotopic (exact) mass is 477 g/mol. The average molecular weight is 478 g/mol. The van der Waals surface area contributed by atoms with Gasteiger partial charge in [-0.1, -0.05) is 54.6 Å². The molecule has 4 heterocycles. The molecule has 1 unspecified atom stereocenters. The Morgan fingerprint density at radius 2 is 1.83 bits per heavy atom. The van der Waals surface area contributed by atoms with Crippen LogP contribution in [0.1, 0.15) is 17.4 Å². The number of nitrogens with zero attached hydrogens (tertiary/aromatic N) is 5. The van der Waals surface area contributed by atoms with E-state index in [1.807, 2.05) is 24.3 Å². The normalized spacial score (nSPS) is 16.4. The first-order valence-corrected chi connectivity index (χ1v) is 12.1. The van der Waals surface area contributed by atoms with Crippen molar-refractivity contribution < 1.29 is 4.74 Å². The van der Waals surface area contributed by atoms with Crippen LogP contribution < -0.4 is 5.73 Å². The second-order valence-electron chi connectivity index (χ2n) is 8.99. The number of hydrogen-bond acceptors (Lipinski definition) is 7. The number of nitrogens with two attached hydrogens (primary N) is 1. The van der Waals surface area contributed by atoms with E-state index in [0.717, 1.165) is 57.7 Å². The number of aromatic nitrogens is 5. The van der Waals surface area contributed by atoms with E-state index in [4.69, 9.17) is 20.4 Å². The molecule has 8 heteroatoms. The van der Waals surface area contributed by atoms with Crippen LogP contribution in [0.4, 0.5) is 0 Å². The van der Waals surface area contributed by atoms with Crippen LogP contribution in [0.2, 0.25) is 0 Å². The van der Waals surface area contributed by atoms with Crippen LogP contribution in [0.3, 0.4) is 0 Å². The molecule has 2 aromatic carbocycles. The average Bonchev–Trinajstić information content (AvgIpc) is 3.42. The Morgan fingerprint density at radius 1 is 1.00 bits per heavy atom. The lowest BCUT2D eigenvalue weighted by atomic mass is 9.96. The highest BCUT2D eigenvalue weighted by Crippen LogP contribution is 2.36. The standard InChI is InChI=1S/C28H27N7O/c1-35-13-14-36-17-24(35)27-32-28(34-33-27)26-22-15-21(19-5-3-2-4-6-19)25(31-23(22)11-12-30-26)20-9-7-18(16-29)8-10-20/h2-12,15,24H,13-14,16-17,29H2,1H3,(H,32,33,34). The predicted molar refractivity (Wildman–Crippen MR) is 140 cm³/mol. The summed E-state index contributed by atoms with van der Waals surface area (Å²) in [6.45, 7) is 2.65. The van der Waals surface area contributed by atoms with Crippen LogP contribution >= 0.6 is 0 Å². The third-order valence-corrected chi connectivity index (χ3v) is 6.71. The van der Waals surface area contributed by atoms with Crippen molar-refractivity contribution in [2.75, 3.05) is 26.8 Å². The molecule has 0 amide bonds. The Hall–Kier alpha value is -3.98. The Morgan fingerprint density at radius 3 is 2.61 bits per heavy atom. The predicted octanol–water partition coefficient (Wildman–Crippen LogP) is 4.21. The Kier molecular flexibility index (Phi) is 5.98. The molecule has 1 atom stereocenters. The molecule has 1 fully saturated rings. The van der Waals surface area contributed by atoms with E-state index < -0.39 is 0 Å². The van der Waals surface area contributed by atoms with Crippen molar-refractivity contribution in [2.45, 2.75) is 12.6 Å². The number of morpholine rings is 1. The summed E-state index contributed by atoms with van der Waals surface area (Å²) in [5.74, 6) is 1.33. The highest BCUT2D eigenvalue weighted by atomic mass is 16.5. The first-order chi connectivity index (χ1) is 17.7. The minimum atomic E-state index is 0.0137. The van der Waals surface area contributed by atoms with E-state index in [1.54, 1.807) is 6.20 Å². The molecule has 3 N–H and O–H groups in total. The Balaban J connectivity index is 1.50. The van der Waals surface area contributed by atoms with E-state index in [0.29, 0.717) is 24.8 Å². The molecule has 1 saturated heterocycles. The topological polar surface area (TPSA) is 106 Å². The Bertz CT molecular complexity index is 1500. The first kappa shape index (κ1) is 22.5. The molecular weight excluding hydrogens is 450 g/mol. The van der Waals surface area contributed by atoms with Gasteiger partial charge in [0.1, 0.15) is 5.69 Å². The molecular formula is C28H27N7O. The maximum absolute atomic E-state index is 5.82. The lowest BCUT2D eigenvalue weighted by molar-refractivity contribution is 0.00197. The molecule has 1 aliphatic rings. The molecule has 3 aromatic heterocycles. The highest BCUT2D eigenvalue weighted by Gasteiger charge is 2.26. The fourth-order valence-electron chi connectivity index (χ4n) is 4.63. The van der Waals surface area contributed by atoms with Gasteiger partial charge in [-0.25, -0.2) is 9.97 Å². The molecule has 0 bridgehead atoms. The van der Waals surface area contributed by atoms with Crippen LogP contribution in [0.15, 0.2) is 72.9 Å². The van der Waals surface area contributed by atoms with Crippen LogP contribution in [-0.4, -0.2) is 56.9 Å². The van der Waals surface area contributed by atoms with Gasteiger partial charge >= 0.3 is 0 Å². The molecule has 0 spiro atoms. The van der Waals surface area contributed by atoms with Gasteiger partial charge in [-0.15, -0.1) is 0 Å². The Labute approximate surface area is 209 Å². The van der Waals surface area contributed by atoms with Gasteiger partial charge in [0.25, 0.3) is 0 Å². The van der Waals surface area contributed by atoms with Crippen LogP contribution in [-0.2, 0) is 11.3 Å². The number of hydrogen-bond donors (Lipinski definition) is 2. The SMILES string of the molecule is CN1CCOCC1c1n[nH]c(-c2nccc3nc(-c4ccc(CN)cc4)c(-c4ccccc4)cc23)n1. The maximum atomic E-state index is 5.82. The molecule has 6 rings (SSSR count). The van der Waals surface area contributed by atoms with Crippen molar-refractivity contribution in [3.05, 3.63) is 84.3 Å². The lowest BCUT2D eigenvalue weighted by Crippen LogP contribution is -2.37. The molecule has 36 heavy (non-hydrogen) atoms. The summed E-state index contributed by atoms with van der Waals surface area (Å²) in [7, 11) is 2.07. The number of likely N-dealkylation sites (N-methyl/N-ethyl adjacent to an activating group) is 1. The molecule has 0 radical (unpaired) electrons. The van der Waals surface area contributed by atoms with Gasteiger partial charge in [0, 0.05) is 35.8 Å². The third-order valence-electron chi connectivity index (χ3n) is 6.71. The molecule has 8 nitrogen and oxygen atoms in total. The van der Waals surface area contributed by atoms with Crippen molar-refractivity contribution >= 4 is 10.9 Å². The number of rotatable bonds is 5. The number of aromatic amines is 1. The quantitative estimate of drug-likeness (QED) is 0.391. The molecule has 5 aromatic rings. The number of benzene rings is 2. The van der Waals surface area contributed by atoms with Crippen LogP contribution in [0.25, 0.3) is 44.8 Å². The fourth-order valence-corrected chi connectivity index (χ4v) is 4.63. The van der Waals surface area contributed by atoms with Crippen molar-refractivity contribution in [3.8, 4) is 33.9 Å². The molecule has 0 aliphatic carbocycles. The minimum Gasteiger partial charge on any atom is -0.378 e. The number of fused-ring (bicyclic) bond motifs is 1. The van der Waals surface area contributed by atoms with Crippen LogP contribution in [0.5, 0.6) is 0 Å². The first-order valence-electron chi connectivity index (χ1n) is 12.1.